The molecule has 0 amide bonds. The zero-order valence-corrected chi connectivity index (χ0v) is 7.52. The van der Waals surface area contributed by atoms with Gasteiger partial charge in [0, 0.05) is 0 Å². The molecule has 0 fully saturated rings. The number of benzene rings is 1. The minimum atomic E-state index is -0.551. The van der Waals surface area contributed by atoms with Crippen LogP contribution in [0.15, 0.2) is 12.1 Å². The number of phenols is 1. The fourth-order valence-electron chi connectivity index (χ4n) is 0.692. The van der Waals surface area contributed by atoms with E-state index in [1.165, 1.54) is 6.07 Å². The molecule has 4 heteroatoms. The van der Waals surface area contributed by atoms with Crippen molar-refractivity contribution in [1.82, 2.24) is 0 Å². The van der Waals surface area contributed by atoms with Crippen LogP contribution in [-0.2, 0) is 0 Å². The van der Waals surface area contributed by atoms with Gasteiger partial charge in [0.1, 0.15) is 7.85 Å². The third-order valence-corrected chi connectivity index (χ3v) is 1.98. The van der Waals surface area contributed by atoms with Gasteiger partial charge >= 0.3 is 0 Å². The first-order chi connectivity index (χ1) is 4.61. The lowest BCUT2D eigenvalue weighted by Crippen LogP contribution is -2.03. The second kappa shape index (κ2) is 2.78. The van der Waals surface area contributed by atoms with Gasteiger partial charge < -0.3 is 5.11 Å². The van der Waals surface area contributed by atoms with Crippen LogP contribution in [0.25, 0.3) is 0 Å². The van der Waals surface area contributed by atoms with Gasteiger partial charge in [-0.05, 0) is 28.7 Å². The fraction of sp³-hybridized carbons (Fsp3) is 0. The summed E-state index contributed by atoms with van der Waals surface area (Å²) in [6.45, 7) is 0. The number of hydrogen-bond acceptors (Lipinski definition) is 1. The van der Waals surface area contributed by atoms with E-state index in [0.29, 0.717) is 3.57 Å². The van der Waals surface area contributed by atoms with Crippen LogP contribution in [0, 0.1) is 9.39 Å². The quantitative estimate of drug-likeness (QED) is 0.521. The van der Waals surface area contributed by atoms with Crippen molar-refractivity contribution in [3.8, 4) is 5.75 Å². The highest BCUT2D eigenvalue weighted by Gasteiger charge is 2.03. The van der Waals surface area contributed by atoms with Gasteiger partial charge in [-0.1, -0.05) is 11.5 Å². The van der Waals surface area contributed by atoms with E-state index in [4.69, 9.17) is 5.11 Å². The number of aromatic hydroxyl groups is 1. The maximum atomic E-state index is 12.6. The van der Waals surface area contributed by atoms with Gasteiger partial charge in [0.05, 0.1) is 3.57 Å². The van der Waals surface area contributed by atoms with Crippen LogP contribution in [0.5, 0.6) is 5.75 Å². The third kappa shape index (κ3) is 1.42. The molecule has 1 aromatic carbocycles. The summed E-state index contributed by atoms with van der Waals surface area (Å²) in [4.78, 5) is 0. The van der Waals surface area contributed by atoms with Crippen LogP contribution in [0.2, 0.25) is 0 Å². The van der Waals surface area contributed by atoms with Crippen molar-refractivity contribution in [3.05, 3.63) is 21.5 Å². The fourth-order valence-corrected chi connectivity index (χ4v) is 1.44. The van der Waals surface area contributed by atoms with Crippen LogP contribution in [0.1, 0.15) is 0 Å². The Hall–Kier alpha value is -0.255. The van der Waals surface area contributed by atoms with E-state index in [1.807, 2.05) is 22.6 Å². The molecule has 1 nitrogen and oxygen atoms in total. The van der Waals surface area contributed by atoms with Gasteiger partial charge in [0.15, 0.2) is 11.6 Å². The first-order valence-electron chi connectivity index (χ1n) is 2.76. The Morgan fingerprint density at radius 3 is 2.60 bits per heavy atom. The average Bonchev–Trinajstić information content (AvgIpc) is 1.82. The van der Waals surface area contributed by atoms with Gasteiger partial charge in [-0.25, -0.2) is 4.39 Å². The van der Waals surface area contributed by atoms with E-state index in [2.05, 4.69) is 0 Å². The first kappa shape index (κ1) is 7.85. The molecular weight excluding hydrogens is 245 g/mol. The van der Waals surface area contributed by atoms with Crippen molar-refractivity contribution < 1.29 is 9.50 Å². The molecular formula is C6H5BFIO. The van der Waals surface area contributed by atoms with E-state index in [1.54, 1.807) is 13.9 Å². The first-order valence-corrected chi connectivity index (χ1v) is 3.84. The molecule has 0 aliphatic carbocycles. The molecule has 52 valence electrons. The lowest BCUT2D eigenvalue weighted by Gasteiger charge is -1.99. The summed E-state index contributed by atoms with van der Waals surface area (Å²) in [6, 6.07) is 3.02. The second-order valence-electron chi connectivity index (χ2n) is 2.08. The monoisotopic (exact) mass is 250 g/mol. The number of phenolic OH excluding ortho intramolecular Hbond substituents is 1. The molecule has 0 saturated heterocycles. The van der Waals surface area contributed by atoms with Crippen LogP contribution in [-0.4, -0.2) is 13.0 Å². The minimum absolute atomic E-state index is 0.258. The Morgan fingerprint density at radius 2 is 2.10 bits per heavy atom. The summed E-state index contributed by atoms with van der Waals surface area (Å²) in [6.07, 6.45) is 0. The summed E-state index contributed by atoms with van der Waals surface area (Å²) < 4.78 is 13.1. The molecule has 0 spiro atoms. The molecule has 0 unspecified atom stereocenters. The molecule has 0 radical (unpaired) electrons. The van der Waals surface area contributed by atoms with Crippen LogP contribution in [0.4, 0.5) is 4.39 Å². The zero-order chi connectivity index (χ0) is 7.72. The lowest BCUT2D eigenvalue weighted by atomic mass is 9.96. The summed E-state index contributed by atoms with van der Waals surface area (Å²) in [7, 11) is 1.78. The topological polar surface area (TPSA) is 20.2 Å². The maximum Gasteiger partial charge on any atom is 0.165 e. The summed E-state index contributed by atoms with van der Waals surface area (Å²) >= 11 is 1.89. The SMILES string of the molecule is Bc1cc(F)c(O)c(I)c1. The number of rotatable bonds is 0. The molecule has 0 heterocycles. The Labute approximate surface area is 72.8 Å². The molecule has 1 rings (SSSR count). The molecule has 0 atom stereocenters. The predicted molar refractivity (Wildman–Crippen MR) is 49.0 cm³/mol. The maximum absolute atomic E-state index is 12.6. The minimum Gasteiger partial charge on any atom is -0.504 e. The van der Waals surface area contributed by atoms with Crippen molar-refractivity contribution >= 4 is 35.9 Å². The Bertz CT molecular complexity index is 241. The van der Waals surface area contributed by atoms with Gasteiger partial charge in [0.25, 0.3) is 0 Å². The smallest absolute Gasteiger partial charge is 0.165 e. The molecule has 10 heavy (non-hydrogen) atoms. The summed E-state index contributed by atoms with van der Waals surface area (Å²) in [5.74, 6) is -0.810. The van der Waals surface area contributed by atoms with E-state index in [9.17, 15) is 4.39 Å². The molecule has 0 aliphatic heterocycles. The molecule has 0 saturated carbocycles. The van der Waals surface area contributed by atoms with E-state index in [-0.39, 0.29) is 5.75 Å². The lowest BCUT2D eigenvalue weighted by molar-refractivity contribution is 0.429. The highest BCUT2D eigenvalue weighted by molar-refractivity contribution is 14.1. The standard InChI is InChI=1S/C6H5BFIO/c7-3-1-4(8)6(10)5(9)2-3/h1-2,10H,7H2. The molecule has 0 aromatic heterocycles. The summed E-state index contributed by atoms with van der Waals surface area (Å²) in [5.41, 5.74) is 0.819. The van der Waals surface area contributed by atoms with Crippen molar-refractivity contribution in [2.75, 3.05) is 0 Å². The molecule has 0 aliphatic rings. The van der Waals surface area contributed by atoms with Gasteiger partial charge in [0.2, 0.25) is 0 Å². The third-order valence-electron chi connectivity index (χ3n) is 1.16. The molecule has 0 bridgehead atoms. The van der Waals surface area contributed by atoms with Crippen LogP contribution in [0.3, 0.4) is 0 Å². The summed E-state index contributed by atoms with van der Waals surface area (Å²) in [5, 5.41) is 8.95. The highest BCUT2D eigenvalue weighted by Crippen LogP contribution is 2.20. The molecule has 1 aromatic rings. The van der Waals surface area contributed by atoms with Crippen LogP contribution < -0.4 is 5.46 Å². The second-order valence-corrected chi connectivity index (χ2v) is 3.24. The van der Waals surface area contributed by atoms with Crippen molar-refractivity contribution in [2.24, 2.45) is 0 Å². The number of hydrogen-bond donors (Lipinski definition) is 1. The van der Waals surface area contributed by atoms with Crippen molar-refractivity contribution in [1.29, 1.82) is 0 Å². The van der Waals surface area contributed by atoms with Gasteiger partial charge in [-0.15, -0.1) is 0 Å². The van der Waals surface area contributed by atoms with E-state index >= 15 is 0 Å². The van der Waals surface area contributed by atoms with E-state index in [0.717, 1.165) is 5.46 Å². The largest absolute Gasteiger partial charge is 0.504 e. The van der Waals surface area contributed by atoms with Crippen molar-refractivity contribution in [3.63, 3.8) is 0 Å². The van der Waals surface area contributed by atoms with Crippen molar-refractivity contribution in [2.45, 2.75) is 0 Å². The Kier molecular flexibility index (Phi) is 2.18. The Balaban J connectivity index is 3.31. The van der Waals surface area contributed by atoms with Crippen LogP contribution >= 0.6 is 22.6 Å². The zero-order valence-electron chi connectivity index (χ0n) is 5.36. The Morgan fingerprint density at radius 1 is 1.50 bits per heavy atom. The van der Waals surface area contributed by atoms with Gasteiger partial charge in [-0.2, -0.15) is 0 Å². The van der Waals surface area contributed by atoms with E-state index < -0.39 is 5.82 Å². The normalized spacial score (nSPS) is 9.80. The number of halogens is 2. The highest BCUT2D eigenvalue weighted by atomic mass is 127. The predicted octanol–water partition coefficient (Wildman–Crippen LogP) is 0.394. The molecule has 1 N–H and O–H groups in total. The van der Waals surface area contributed by atoms with Gasteiger partial charge in [-0.3, -0.25) is 0 Å². The average molecular weight is 250 g/mol.